The molecule has 20 heavy (non-hydrogen) atoms. The number of rotatable bonds is 14. The topological polar surface area (TPSA) is 100 Å². The average Bonchev–Trinajstić information content (AvgIpc) is 2.43. The van der Waals surface area contributed by atoms with Crippen LogP contribution in [0.5, 0.6) is 0 Å². The molecule has 0 aromatic rings. The highest BCUT2D eigenvalue weighted by Crippen LogP contribution is 2.05. The molecule has 0 aliphatic carbocycles. The maximum Gasteiger partial charge on any atom is 0.404 e. The number of hydrogen-bond donors (Lipinski definition) is 2. The second-order valence-corrected chi connectivity index (χ2v) is 4.21. The van der Waals surface area contributed by atoms with E-state index in [4.69, 9.17) is 25.1 Å². The van der Waals surface area contributed by atoms with Crippen LogP contribution in [-0.2, 0) is 18.9 Å². The van der Waals surface area contributed by atoms with E-state index in [-0.39, 0.29) is 19.3 Å². The largest absolute Gasteiger partial charge is 0.447 e. The first kappa shape index (κ1) is 19.1. The molecule has 3 N–H and O–H groups in total. The van der Waals surface area contributed by atoms with E-state index >= 15 is 0 Å². The Kier molecular flexibility index (Phi) is 13.9. The van der Waals surface area contributed by atoms with Gasteiger partial charge in [0.1, 0.15) is 6.61 Å². The van der Waals surface area contributed by atoms with Crippen LogP contribution in [0, 0.1) is 0 Å². The Balaban J connectivity index is 3.44. The van der Waals surface area contributed by atoms with Gasteiger partial charge in [0.05, 0.1) is 45.7 Å². The third-order valence-corrected chi connectivity index (χ3v) is 2.47. The highest BCUT2D eigenvalue weighted by Gasteiger charge is 2.08. The molecule has 0 radical (unpaired) electrons. The fraction of sp³-hybridized carbons (Fsp3) is 0.923. The van der Waals surface area contributed by atoms with Crippen LogP contribution in [-0.4, -0.2) is 63.6 Å². The van der Waals surface area contributed by atoms with Gasteiger partial charge in [-0.15, -0.1) is 0 Å². The Labute approximate surface area is 120 Å². The van der Waals surface area contributed by atoms with Crippen LogP contribution in [0.1, 0.15) is 26.2 Å². The van der Waals surface area contributed by atoms with Crippen LogP contribution in [0.15, 0.2) is 0 Å². The van der Waals surface area contributed by atoms with Crippen LogP contribution >= 0.6 is 0 Å². The third kappa shape index (κ3) is 13.5. The standard InChI is InChI=1S/C13H27NO6/c1-2-3-4-12(19-6-5-15)11-18-8-7-17-9-10-20-13(14)16/h12,15H,2-11H2,1H3,(H2,14,16). The van der Waals surface area contributed by atoms with E-state index in [1.165, 1.54) is 0 Å². The Morgan fingerprint density at radius 3 is 2.50 bits per heavy atom. The maximum atomic E-state index is 10.3. The number of amides is 1. The lowest BCUT2D eigenvalue weighted by Gasteiger charge is -2.17. The van der Waals surface area contributed by atoms with Gasteiger partial charge in [0, 0.05) is 0 Å². The van der Waals surface area contributed by atoms with Crippen LogP contribution in [0.25, 0.3) is 0 Å². The molecule has 1 unspecified atom stereocenters. The highest BCUT2D eigenvalue weighted by molar-refractivity contribution is 5.64. The molecule has 0 saturated carbocycles. The Bertz CT molecular complexity index is 219. The van der Waals surface area contributed by atoms with E-state index in [1.807, 2.05) is 0 Å². The number of hydrogen-bond acceptors (Lipinski definition) is 6. The first-order valence-electron chi connectivity index (χ1n) is 7.00. The zero-order valence-electron chi connectivity index (χ0n) is 12.2. The number of aliphatic hydroxyl groups excluding tert-OH is 1. The van der Waals surface area contributed by atoms with Crippen molar-refractivity contribution in [1.29, 1.82) is 0 Å². The molecule has 0 saturated heterocycles. The summed E-state index contributed by atoms with van der Waals surface area (Å²) in [6.45, 7) is 4.27. The van der Waals surface area contributed by atoms with E-state index in [1.54, 1.807) is 0 Å². The summed E-state index contributed by atoms with van der Waals surface area (Å²) in [6.07, 6.45) is 2.30. The Morgan fingerprint density at radius 1 is 1.15 bits per heavy atom. The molecular weight excluding hydrogens is 266 g/mol. The fourth-order valence-electron chi connectivity index (χ4n) is 1.50. The molecule has 0 rings (SSSR count). The molecule has 0 fully saturated rings. The van der Waals surface area contributed by atoms with E-state index in [2.05, 4.69) is 11.7 Å². The van der Waals surface area contributed by atoms with Crippen LogP contribution in [0.2, 0.25) is 0 Å². The van der Waals surface area contributed by atoms with Gasteiger partial charge in [0.15, 0.2) is 0 Å². The summed E-state index contributed by atoms with van der Waals surface area (Å²) in [5.41, 5.74) is 4.79. The minimum absolute atomic E-state index is 0.0142. The molecule has 7 nitrogen and oxygen atoms in total. The molecule has 0 aliphatic rings. The van der Waals surface area contributed by atoms with E-state index in [9.17, 15) is 4.79 Å². The first-order chi connectivity index (χ1) is 9.70. The SMILES string of the molecule is CCCCC(COCCOCCOC(N)=O)OCCO. The minimum Gasteiger partial charge on any atom is -0.447 e. The lowest BCUT2D eigenvalue weighted by molar-refractivity contribution is -0.0448. The molecule has 0 bridgehead atoms. The van der Waals surface area contributed by atoms with Gasteiger partial charge in [-0.25, -0.2) is 4.79 Å². The molecule has 0 aromatic carbocycles. The highest BCUT2D eigenvalue weighted by atomic mass is 16.6. The second-order valence-electron chi connectivity index (χ2n) is 4.21. The summed E-state index contributed by atoms with van der Waals surface area (Å²) < 4.78 is 20.6. The molecule has 0 aliphatic heterocycles. The van der Waals surface area contributed by atoms with Crippen molar-refractivity contribution in [3.05, 3.63) is 0 Å². The van der Waals surface area contributed by atoms with Crippen molar-refractivity contribution in [3.63, 3.8) is 0 Å². The number of nitrogens with two attached hydrogens (primary N) is 1. The number of ether oxygens (including phenoxy) is 4. The van der Waals surface area contributed by atoms with Gasteiger partial charge in [0.2, 0.25) is 0 Å². The number of aliphatic hydroxyl groups is 1. The normalized spacial score (nSPS) is 12.3. The van der Waals surface area contributed by atoms with Crippen molar-refractivity contribution >= 4 is 6.09 Å². The predicted octanol–water partition coefficient (Wildman–Crippen LogP) is 0.683. The average molecular weight is 293 g/mol. The number of carbonyl (C=O) groups is 1. The van der Waals surface area contributed by atoms with Gasteiger partial charge >= 0.3 is 6.09 Å². The summed E-state index contributed by atoms with van der Waals surface area (Å²) in [5.74, 6) is 0. The summed E-state index contributed by atoms with van der Waals surface area (Å²) in [5, 5.41) is 8.74. The van der Waals surface area contributed by atoms with Gasteiger partial charge in [-0.05, 0) is 6.42 Å². The van der Waals surface area contributed by atoms with Crippen molar-refractivity contribution in [2.24, 2.45) is 5.73 Å². The van der Waals surface area contributed by atoms with Crippen molar-refractivity contribution in [2.75, 3.05) is 46.2 Å². The fourth-order valence-corrected chi connectivity index (χ4v) is 1.50. The predicted molar refractivity (Wildman–Crippen MR) is 73.5 cm³/mol. The zero-order valence-corrected chi connectivity index (χ0v) is 12.2. The molecule has 0 spiro atoms. The number of carbonyl (C=O) groups excluding carboxylic acids is 1. The minimum atomic E-state index is -0.801. The molecule has 0 aromatic heterocycles. The smallest absolute Gasteiger partial charge is 0.404 e. The van der Waals surface area contributed by atoms with Gasteiger partial charge < -0.3 is 29.8 Å². The first-order valence-corrected chi connectivity index (χ1v) is 7.00. The van der Waals surface area contributed by atoms with Gasteiger partial charge in [0.25, 0.3) is 0 Å². The third-order valence-electron chi connectivity index (χ3n) is 2.47. The van der Waals surface area contributed by atoms with Crippen molar-refractivity contribution in [3.8, 4) is 0 Å². The van der Waals surface area contributed by atoms with Gasteiger partial charge in [-0.1, -0.05) is 19.8 Å². The summed E-state index contributed by atoms with van der Waals surface area (Å²) in [6, 6.07) is 0. The lowest BCUT2D eigenvalue weighted by atomic mass is 10.2. The van der Waals surface area contributed by atoms with Gasteiger partial charge in [-0.3, -0.25) is 0 Å². The number of primary amides is 1. The van der Waals surface area contributed by atoms with Crippen LogP contribution < -0.4 is 5.73 Å². The van der Waals surface area contributed by atoms with Crippen molar-refractivity contribution in [2.45, 2.75) is 32.3 Å². The van der Waals surface area contributed by atoms with Crippen molar-refractivity contribution in [1.82, 2.24) is 0 Å². The van der Waals surface area contributed by atoms with Crippen LogP contribution in [0.4, 0.5) is 4.79 Å². The number of unbranched alkanes of at least 4 members (excludes halogenated alkanes) is 1. The van der Waals surface area contributed by atoms with Gasteiger partial charge in [-0.2, -0.15) is 0 Å². The maximum absolute atomic E-state index is 10.3. The van der Waals surface area contributed by atoms with Crippen LogP contribution in [0.3, 0.4) is 0 Å². The molecule has 0 heterocycles. The van der Waals surface area contributed by atoms with E-state index in [0.717, 1.165) is 19.3 Å². The molecule has 1 amide bonds. The molecule has 7 heteroatoms. The summed E-state index contributed by atoms with van der Waals surface area (Å²) >= 11 is 0. The molecule has 1 atom stereocenters. The van der Waals surface area contributed by atoms with E-state index in [0.29, 0.717) is 33.0 Å². The second kappa shape index (κ2) is 14.5. The Morgan fingerprint density at radius 2 is 1.85 bits per heavy atom. The summed E-state index contributed by atoms with van der Waals surface area (Å²) in [4.78, 5) is 10.3. The Hall–Kier alpha value is -0.890. The van der Waals surface area contributed by atoms with Crippen molar-refractivity contribution < 1.29 is 28.8 Å². The van der Waals surface area contributed by atoms with E-state index < -0.39 is 6.09 Å². The molecular formula is C13H27NO6. The molecule has 120 valence electrons. The monoisotopic (exact) mass is 293 g/mol. The quantitative estimate of drug-likeness (QED) is 0.457. The lowest BCUT2D eigenvalue weighted by Crippen LogP contribution is -2.23. The zero-order chi connectivity index (χ0) is 15.1. The summed E-state index contributed by atoms with van der Waals surface area (Å²) in [7, 11) is 0.